The van der Waals surface area contributed by atoms with Gasteiger partial charge in [0.15, 0.2) is 0 Å². The average molecular weight is 299 g/mol. The predicted octanol–water partition coefficient (Wildman–Crippen LogP) is 2.73. The molecule has 0 radical (unpaired) electrons. The van der Waals surface area contributed by atoms with Crippen LogP contribution in [0.1, 0.15) is 18.4 Å². The van der Waals surface area contributed by atoms with Crippen LogP contribution in [-0.2, 0) is 6.54 Å². The monoisotopic (exact) mass is 298 g/mol. The molecule has 6 heteroatoms. The molecule has 1 aliphatic rings. The number of hydrogen-bond donors (Lipinski definition) is 1. The van der Waals surface area contributed by atoms with Crippen LogP contribution in [0.5, 0.6) is 0 Å². The van der Waals surface area contributed by atoms with E-state index in [-0.39, 0.29) is 42.5 Å². The Kier molecular flexibility index (Phi) is 7.71. The molecule has 104 valence electrons. The molecule has 2 nitrogen and oxygen atoms in total. The normalized spacial score (nSPS) is 16.8. The highest BCUT2D eigenvalue weighted by atomic mass is 35.5. The first-order valence-corrected chi connectivity index (χ1v) is 5.57. The minimum atomic E-state index is -0.384. The smallest absolute Gasteiger partial charge is 0.127 e. The topological polar surface area (TPSA) is 29.3 Å². The fourth-order valence-electron chi connectivity index (χ4n) is 2.02. The van der Waals surface area contributed by atoms with E-state index in [2.05, 4.69) is 4.90 Å². The fraction of sp³-hybridized carbons (Fsp3) is 0.500. The minimum Gasteiger partial charge on any atom is -0.328 e. The molecule has 0 unspecified atom stereocenters. The summed E-state index contributed by atoms with van der Waals surface area (Å²) in [5.41, 5.74) is 6.21. The van der Waals surface area contributed by atoms with Gasteiger partial charge in [-0.05, 0) is 44.1 Å². The molecule has 0 atom stereocenters. The van der Waals surface area contributed by atoms with Gasteiger partial charge in [0.05, 0.1) is 0 Å². The van der Waals surface area contributed by atoms with Crippen LogP contribution in [0, 0.1) is 11.6 Å². The maximum absolute atomic E-state index is 13.4. The zero-order chi connectivity index (χ0) is 11.5. The second-order valence-corrected chi connectivity index (χ2v) is 4.35. The molecule has 1 aromatic carbocycles. The molecule has 1 saturated heterocycles. The van der Waals surface area contributed by atoms with Gasteiger partial charge in [0, 0.05) is 18.2 Å². The molecule has 0 aromatic heterocycles. The second kappa shape index (κ2) is 7.89. The Morgan fingerprint density at radius 1 is 1.17 bits per heavy atom. The van der Waals surface area contributed by atoms with Gasteiger partial charge in [0.2, 0.25) is 0 Å². The Morgan fingerprint density at radius 2 is 1.78 bits per heavy atom. The fourth-order valence-corrected chi connectivity index (χ4v) is 2.02. The highest BCUT2D eigenvalue weighted by Gasteiger charge is 2.17. The van der Waals surface area contributed by atoms with Crippen molar-refractivity contribution in [3.63, 3.8) is 0 Å². The third-order valence-corrected chi connectivity index (χ3v) is 3.03. The first-order valence-electron chi connectivity index (χ1n) is 5.57. The Bertz CT molecular complexity index is 369. The van der Waals surface area contributed by atoms with Crippen molar-refractivity contribution in [2.45, 2.75) is 25.4 Å². The van der Waals surface area contributed by atoms with Crippen molar-refractivity contribution in [3.05, 3.63) is 35.4 Å². The molecule has 1 aromatic rings. The van der Waals surface area contributed by atoms with Crippen LogP contribution >= 0.6 is 24.8 Å². The average Bonchev–Trinajstić information content (AvgIpc) is 2.27. The van der Waals surface area contributed by atoms with Gasteiger partial charge in [0.1, 0.15) is 11.6 Å². The van der Waals surface area contributed by atoms with Crippen molar-refractivity contribution in [2.24, 2.45) is 5.73 Å². The van der Waals surface area contributed by atoms with Crippen molar-refractivity contribution >= 4 is 24.8 Å². The molecule has 0 spiro atoms. The standard InChI is InChI=1S/C12H16F2N2.2ClH/c13-10-1-2-12(14)9(7-10)8-16-5-3-11(15)4-6-16;;/h1-2,7,11H,3-6,8,15H2;2*1H. The summed E-state index contributed by atoms with van der Waals surface area (Å²) in [5, 5.41) is 0. The van der Waals surface area contributed by atoms with Crippen LogP contribution in [0.25, 0.3) is 0 Å². The molecule has 0 saturated carbocycles. The molecule has 0 aliphatic carbocycles. The molecule has 2 N–H and O–H groups in total. The van der Waals surface area contributed by atoms with Crippen LogP contribution in [0.15, 0.2) is 18.2 Å². The van der Waals surface area contributed by atoms with E-state index in [0.29, 0.717) is 12.1 Å². The molecule has 2 rings (SSSR count). The number of benzene rings is 1. The van der Waals surface area contributed by atoms with Gasteiger partial charge in [-0.2, -0.15) is 0 Å². The summed E-state index contributed by atoms with van der Waals surface area (Å²) in [4.78, 5) is 2.11. The number of rotatable bonds is 2. The van der Waals surface area contributed by atoms with E-state index in [4.69, 9.17) is 5.73 Å². The summed E-state index contributed by atoms with van der Waals surface area (Å²) in [6.45, 7) is 2.19. The predicted molar refractivity (Wildman–Crippen MR) is 73.3 cm³/mol. The maximum Gasteiger partial charge on any atom is 0.127 e. The highest BCUT2D eigenvalue weighted by Crippen LogP contribution is 2.15. The zero-order valence-corrected chi connectivity index (χ0v) is 11.6. The number of piperidine rings is 1. The van der Waals surface area contributed by atoms with Crippen LogP contribution in [-0.4, -0.2) is 24.0 Å². The van der Waals surface area contributed by atoms with E-state index in [9.17, 15) is 8.78 Å². The SMILES string of the molecule is Cl.Cl.NC1CCN(Cc2cc(F)ccc2F)CC1. The second-order valence-electron chi connectivity index (χ2n) is 4.35. The van der Waals surface area contributed by atoms with Crippen molar-refractivity contribution < 1.29 is 8.78 Å². The number of halogens is 4. The molecule has 0 bridgehead atoms. The van der Waals surface area contributed by atoms with E-state index >= 15 is 0 Å². The summed E-state index contributed by atoms with van der Waals surface area (Å²) in [6, 6.07) is 3.85. The lowest BCUT2D eigenvalue weighted by molar-refractivity contribution is 0.203. The third kappa shape index (κ3) is 4.69. The first-order chi connectivity index (χ1) is 7.65. The van der Waals surface area contributed by atoms with Crippen LogP contribution in [0.4, 0.5) is 8.78 Å². The molecule has 1 fully saturated rings. The Labute approximate surface area is 118 Å². The molecule has 0 amide bonds. The zero-order valence-electron chi connectivity index (χ0n) is 9.94. The largest absolute Gasteiger partial charge is 0.328 e. The van der Waals surface area contributed by atoms with Crippen molar-refractivity contribution in [2.75, 3.05) is 13.1 Å². The maximum atomic E-state index is 13.4. The minimum absolute atomic E-state index is 0. The van der Waals surface area contributed by atoms with E-state index in [1.165, 1.54) is 12.1 Å². The first kappa shape index (κ1) is 17.6. The van der Waals surface area contributed by atoms with Gasteiger partial charge in [-0.1, -0.05) is 0 Å². The van der Waals surface area contributed by atoms with Gasteiger partial charge < -0.3 is 5.73 Å². The number of hydrogen-bond acceptors (Lipinski definition) is 2. The van der Waals surface area contributed by atoms with Gasteiger partial charge in [0.25, 0.3) is 0 Å². The number of nitrogens with zero attached hydrogens (tertiary/aromatic N) is 1. The molecular weight excluding hydrogens is 281 g/mol. The van der Waals surface area contributed by atoms with Gasteiger partial charge in [-0.3, -0.25) is 4.90 Å². The number of nitrogens with two attached hydrogens (primary N) is 1. The summed E-state index contributed by atoms with van der Waals surface area (Å²) >= 11 is 0. The summed E-state index contributed by atoms with van der Waals surface area (Å²) in [7, 11) is 0. The molecule has 18 heavy (non-hydrogen) atoms. The summed E-state index contributed by atoms with van der Waals surface area (Å²) in [6.07, 6.45) is 1.86. The Hall–Kier alpha value is -0.420. The molecule has 1 aliphatic heterocycles. The quantitative estimate of drug-likeness (QED) is 0.910. The Morgan fingerprint density at radius 3 is 2.39 bits per heavy atom. The molecule has 1 heterocycles. The summed E-state index contributed by atoms with van der Waals surface area (Å²) in [5.74, 6) is -0.721. The van der Waals surface area contributed by atoms with E-state index < -0.39 is 0 Å². The lowest BCUT2D eigenvalue weighted by Gasteiger charge is -2.30. The van der Waals surface area contributed by atoms with Gasteiger partial charge >= 0.3 is 0 Å². The van der Waals surface area contributed by atoms with Gasteiger partial charge in [-0.25, -0.2) is 8.78 Å². The number of likely N-dealkylation sites (tertiary alicyclic amines) is 1. The van der Waals surface area contributed by atoms with Gasteiger partial charge in [-0.15, -0.1) is 24.8 Å². The van der Waals surface area contributed by atoms with Crippen molar-refractivity contribution in [1.82, 2.24) is 4.90 Å². The van der Waals surface area contributed by atoms with Crippen LogP contribution in [0.3, 0.4) is 0 Å². The lowest BCUT2D eigenvalue weighted by Crippen LogP contribution is -2.39. The van der Waals surface area contributed by atoms with E-state index in [1.807, 2.05) is 0 Å². The van der Waals surface area contributed by atoms with Crippen LogP contribution in [0.2, 0.25) is 0 Å². The highest BCUT2D eigenvalue weighted by molar-refractivity contribution is 5.85. The van der Waals surface area contributed by atoms with Crippen molar-refractivity contribution in [3.8, 4) is 0 Å². The lowest BCUT2D eigenvalue weighted by atomic mass is 10.1. The van der Waals surface area contributed by atoms with E-state index in [0.717, 1.165) is 32.0 Å². The third-order valence-electron chi connectivity index (χ3n) is 3.03. The van der Waals surface area contributed by atoms with Crippen LogP contribution < -0.4 is 5.73 Å². The Balaban J connectivity index is 0.00000144. The van der Waals surface area contributed by atoms with Crippen molar-refractivity contribution in [1.29, 1.82) is 0 Å². The van der Waals surface area contributed by atoms with E-state index in [1.54, 1.807) is 0 Å². The summed E-state index contributed by atoms with van der Waals surface area (Å²) < 4.78 is 26.3. The molecular formula is C12H18Cl2F2N2.